The molecule has 1 aromatic rings. The number of alkyl halides is 1. The van der Waals surface area contributed by atoms with Crippen molar-refractivity contribution in [2.45, 2.75) is 25.1 Å². The normalized spacial score (nSPS) is 25.4. The highest BCUT2D eigenvalue weighted by Crippen LogP contribution is 2.30. The summed E-state index contributed by atoms with van der Waals surface area (Å²) in [5.41, 5.74) is 5.96. The molecule has 2 rings (SSSR count). The third-order valence-electron chi connectivity index (χ3n) is 2.92. The number of pyridine rings is 1. The van der Waals surface area contributed by atoms with E-state index in [0.29, 0.717) is 13.0 Å². The van der Waals surface area contributed by atoms with Gasteiger partial charge in [-0.1, -0.05) is 6.07 Å². The first-order chi connectivity index (χ1) is 7.68. The zero-order valence-electron chi connectivity index (χ0n) is 8.84. The zero-order valence-corrected chi connectivity index (χ0v) is 8.84. The molecule has 0 bridgehead atoms. The Morgan fingerprint density at radius 3 is 2.94 bits per heavy atom. The van der Waals surface area contributed by atoms with Crippen LogP contribution in [0.15, 0.2) is 24.4 Å². The van der Waals surface area contributed by atoms with Crippen LogP contribution in [-0.2, 0) is 0 Å². The van der Waals surface area contributed by atoms with E-state index in [1.807, 2.05) is 18.2 Å². The molecule has 0 spiro atoms. The van der Waals surface area contributed by atoms with E-state index in [1.165, 1.54) is 0 Å². The Bertz CT molecular complexity index is 371. The van der Waals surface area contributed by atoms with Crippen LogP contribution in [0.3, 0.4) is 0 Å². The minimum absolute atomic E-state index is 0.0757. The Kier molecular flexibility index (Phi) is 3.03. The number of nitrogens with two attached hydrogens (primary N) is 1. The van der Waals surface area contributed by atoms with Gasteiger partial charge in [0.25, 0.3) is 0 Å². The van der Waals surface area contributed by atoms with Crippen molar-refractivity contribution in [1.82, 2.24) is 9.88 Å². The van der Waals surface area contributed by atoms with E-state index in [0.717, 1.165) is 10.6 Å². The molecule has 0 aromatic carbocycles. The topological polar surface area (TPSA) is 59.2 Å². The molecule has 2 amide bonds. The molecule has 5 heteroatoms. The Morgan fingerprint density at radius 1 is 1.56 bits per heavy atom. The Hall–Kier alpha value is -1.65. The molecule has 1 saturated heterocycles. The van der Waals surface area contributed by atoms with Crippen LogP contribution in [0.4, 0.5) is 9.18 Å². The summed E-state index contributed by atoms with van der Waals surface area (Å²) >= 11 is 0. The van der Waals surface area contributed by atoms with Crippen LogP contribution in [0.5, 0.6) is 0 Å². The van der Waals surface area contributed by atoms with Crippen LogP contribution in [0.25, 0.3) is 0 Å². The predicted octanol–water partition coefficient (Wildman–Crippen LogP) is 1.64. The smallest absolute Gasteiger partial charge is 0.317 e. The average molecular weight is 223 g/mol. The number of nitrogens with zero attached hydrogens (tertiary/aromatic N) is 2. The number of likely N-dealkylation sites (tertiary alicyclic amines) is 1. The number of piperidine rings is 1. The lowest BCUT2D eigenvalue weighted by atomic mass is 9.92. The first-order valence-electron chi connectivity index (χ1n) is 5.29. The maximum absolute atomic E-state index is 13.6. The van der Waals surface area contributed by atoms with Gasteiger partial charge >= 0.3 is 6.03 Å². The summed E-state index contributed by atoms with van der Waals surface area (Å²) in [5.74, 6) is 0.0757. The third-order valence-corrected chi connectivity index (χ3v) is 2.92. The fourth-order valence-corrected chi connectivity index (χ4v) is 2.05. The lowest BCUT2D eigenvalue weighted by Gasteiger charge is -2.33. The molecule has 1 fully saturated rings. The van der Waals surface area contributed by atoms with Gasteiger partial charge in [-0.2, -0.15) is 0 Å². The molecule has 2 atom stereocenters. The van der Waals surface area contributed by atoms with Crippen LogP contribution in [0, 0.1) is 0 Å². The number of rotatable bonds is 1. The molecule has 0 aliphatic carbocycles. The van der Waals surface area contributed by atoms with Crippen molar-refractivity contribution in [2.75, 3.05) is 6.54 Å². The Labute approximate surface area is 93.3 Å². The highest BCUT2D eigenvalue weighted by molar-refractivity contribution is 5.72. The number of urea groups is 1. The van der Waals surface area contributed by atoms with Crippen LogP contribution >= 0.6 is 0 Å². The van der Waals surface area contributed by atoms with Crippen molar-refractivity contribution in [3.63, 3.8) is 0 Å². The highest BCUT2D eigenvalue weighted by atomic mass is 19.1. The maximum atomic E-state index is 13.6. The summed E-state index contributed by atoms with van der Waals surface area (Å²) in [4.78, 5) is 16.2. The average Bonchev–Trinajstić information content (AvgIpc) is 2.29. The van der Waals surface area contributed by atoms with Crippen LogP contribution < -0.4 is 5.73 Å². The van der Waals surface area contributed by atoms with Gasteiger partial charge in [-0.15, -0.1) is 0 Å². The standard InChI is InChI=1S/C11H14FN3O/c12-10-7-8(4-6-15(10)11(13)16)9-3-1-2-5-14-9/h1-3,5,8,10H,4,6-7H2,(H2,13,16). The van der Waals surface area contributed by atoms with Crippen molar-refractivity contribution in [3.8, 4) is 0 Å². The number of carbonyl (C=O) groups excluding carboxylic acids is 1. The zero-order chi connectivity index (χ0) is 11.5. The molecule has 1 aliphatic heterocycles. The van der Waals surface area contributed by atoms with E-state index in [2.05, 4.69) is 4.98 Å². The largest absolute Gasteiger partial charge is 0.351 e. The van der Waals surface area contributed by atoms with Gasteiger partial charge in [0.05, 0.1) is 0 Å². The number of aromatic nitrogens is 1. The SMILES string of the molecule is NC(=O)N1CCC(c2ccccn2)CC1F. The van der Waals surface area contributed by atoms with Gasteiger partial charge in [0.2, 0.25) is 0 Å². The molecule has 0 saturated carbocycles. The van der Waals surface area contributed by atoms with E-state index in [1.54, 1.807) is 6.20 Å². The van der Waals surface area contributed by atoms with Gasteiger partial charge < -0.3 is 5.73 Å². The molecule has 2 unspecified atom stereocenters. The van der Waals surface area contributed by atoms with Crippen molar-refractivity contribution in [1.29, 1.82) is 0 Å². The van der Waals surface area contributed by atoms with Gasteiger partial charge in [0.15, 0.2) is 6.30 Å². The minimum atomic E-state index is -1.29. The molecule has 16 heavy (non-hydrogen) atoms. The number of carbonyl (C=O) groups is 1. The van der Waals surface area contributed by atoms with Gasteiger partial charge in [-0.25, -0.2) is 9.18 Å². The highest BCUT2D eigenvalue weighted by Gasteiger charge is 2.31. The van der Waals surface area contributed by atoms with Gasteiger partial charge in [-0.05, 0) is 18.6 Å². The predicted molar refractivity (Wildman–Crippen MR) is 57.4 cm³/mol. The fraction of sp³-hybridized carbons (Fsp3) is 0.455. The second kappa shape index (κ2) is 4.47. The molecular weight excluding hydrogens is 209 g/mol. The van der Waals surface area contributed by atoms with Crippen LogP contribution in [0.1, 0.15) is 24.5 Å². The van der Waals surface area contributed by atoms with Crippen molar-refractivity contribution in [3.05, 3.63) is 30.1 Å². The number of primary amides is 1. The molecule has 86 valence electrons. The first-order valence-corrected chi connectivity index (χ1v) is 5.29. The number of hydrogen-bond acceptors (Lipinski definition) is 2. The van der Waals surface area contributed by atoms with Crippen molar-refractivity contribution in [2.24, 2.45) is 5.73 Å². The summed E-state index contributed by atoms with van der Waals surface area (Å²) in [6, 6.07) is 4.91. The monoisotopic (exact) mass is 223 g/mol. The van der Waals surface area contributed by atoms with E-state index in [4.69, 9.17) is 5.73 Å². The molecule has 1 aliphatic rings. The number of halogens is 1. The molecule has 1 aromatic heterocycles. The number of hydrogen-bond donors (Lipinski definition) is 1. The first kappa shape index (κ1) is 10.9. The maximum Gasteiger partial charge on any atom is 0.317 e. The fourth-order valence-electron chi connectivity index (χ4n) is 2.05. The molecule has 0 radical (unpaired) electrons. The van der Waals surface area contributed by atoms with Crippen molar-refractivity contribution >= 4 is 6.03 Å². The summed E-state index contributed by atoms with van der Waals surface area (Å²) in [5, 5.41) is 0. The van der Waals surface area contributed by atoms with Crippen LogP contribution in [0.2, 0.25) is 0 Å². The molecule has 2 heterocycles. The number of amides is 2. The lowest BCUT2D eigenvalue weighted by molar-refractivity contribution is 0.0687. The summed E-state index contributed by atoms with van der Waals surface area (Å²) in [7, 11) is 0. The Morgan fingerprint density at radius 2 is 2.38 bits per heavy atom. The minimum Gasteiger partial charge on any atom is -0.351 e. The van der Waals surface area contributed by atoms with Gasteiger partial charge in [0, 0.05) is 30.8 Å². The lowest BCUT2D eigenvalue weighted by Crippen LogP contribution is -2.46. The van der Waals surface area contributed by atoms with Gasteiger partial charge in [0.1, 0.15) is 0 Å². The van der Waals surface area contributed by atoms with Crippen LogP contribution in [-0.4, -0.2) is 28.8 Å². The summed E-state index contributed by atoms with van der Waals surface area (Å²) in [6.45, 7) is 0.359. The summed E-state index contributed by atoms with van der Waals surface area (Å²) < 4.78 is 13.6. The van der Waals surface area contributed by atoms with E-state index in [-0.39, 0.29) is 12.3 Å². The summed E-state index contributed by atoms with van der Waals surface area (Å²) in [6.07, 6.45) is 1.39. The molecule has 2 N–H and O–H groups in total. The van der Waals surface area contributed by atoms with E-state index in [9.17, 15) is 9.18 Å². The second-order valence-electron chi connectivity index (χ2n) is 3.94. The third kappa shape index (κ3) is 2.13. The quantitative estimate of drug-likeness (QED) is 0.736. The molecular formula is C11H14FN3O. The van der Waals surface area contributed by atoms with E-state index < -0.39 is 12.3 Å². The van der Waals surface area contributed by atoms with Crippen molar-refractivity contribution < 1.29 is 9.18 Å². The van der Waals surface area contributed by atoms with E-state index >= 15 is 0 Å². The Balaban J connectivity index is 2.05. The molecule has 4 nitrogen and oxygen atoms in total. The van der Waals surface area contributed by atoms with Gasteiger partial charge in [-0.3, -0.25) is 9.88 Å². The second-order valence-corrected chi connectivity index (χ2v) is 3.94.